The number of benzene rings is 1. The summed E-state index contributed by atoms with van der Waals surface area (Å²) in [6, 6.07) is 6.22. The van der Waals surface area contributed by atoms with Crippen LogP contribution in [0.25, 0.3) is 5.69 Å². The zero-order chi connectivity index (χ0) is 16.5. The second kappa shape index (κ2) is 6.36. The van der Waals surface area contributed by atoms with Crippen molar-refractivity contribution in [3.05, 3.63) is 47.0 Å². The molecule has 1 aliphatic carbocycles. The number of nitrogens with zero attached hydrogens (tertiary/aromatic N) is 2. The molecule has 24 heavy (non-hydrogen) atoms. The van der Waals surface area contributed by atoms with E-state index in [1.165, 1.54) is 12.1 Å². The molecular weight excluding hydrogens is 309 g/mol. The first kappa shape index (κ1) is 15.3. The fraction of sp³-hybridized carbons (Fsp3) is 0.444. The highest BCUT2D eigenvalue weighted by Gasteiger charge is 2.27. The van der Waals surface area contributed by atoms with Crippen molar-refractivity contribution >= 4 is 5.91 Å². The molecule has 4 rings (SSSR count). The fourth-order valence-corrected chi connectivity index (χ4v) is 3.48. The molecule has 0 bridgehead atoms. The molecular formula is C18H20FN3O2. The number of nitrogens with one attached hydrogen (secondary N) is 1. The van der Waals surface area contributed by atoms with Gasteiger partial charge in [-0.05, 0) is 49.9 Å². The van der Waals surface area contributed by atoms with Crippen LogP contribution in [0, 0.1) is 11.7 Å². The van der Waals surface area contributed by atoms with Crippen LogP contribution in [0.2, 0.25) is 0 Å². The number of aromatic nitrogens is 2. The maximum atomic E-state index is 13.2. The molecule has 1 fully saturated rings. The van der Waals surface area contributed by atoms with Gasteiger partial charge in [-0.25, -0.2) is 9.07 Å². The van der Waals surface area contributed by atoms with E-state index >= 15 is 0 Å². The van der Waals surface area contributed by atoms with E-state index < -0.39 is 0 Å². The lowest BCUT2D eigenvalue weighted by Crippen LogP contribution is -2.30. The summed E-state index contributed by atoms with van der Waals surface area (Å²) in [4.78, 5) is 12.6. The minimum absolute atomic E-state index is 0.124. The summed E-state index contributed by atoms with van der Waals surface area (Å²) in [5.41, 5.74) is 3.39. The molecule has 2 heterocycles. The first-order valence-corrected chi connectivity index (χ1v) is 8.45. The van der Waals surface area contributed by atoms with Gasteiger partial charge in [-0.15, -0.1) is 0 Å². The van der Waals surface area contributed by atoms with Gasteiger partial charge in [0.25, 0.3) is 5.91 Å². The van der Waals surface area contributed by atoms with E-state index in [9.17, 15) is 9.18 Å². The maximum absolute atomic E-state index is 13.2. The number of carbonyl (C=O) groups excluding carboxylic acids is 1. The molecule has 126 valence electrons. The summed E-state index contributed by atoms with van der Waals surface area (Å²) in [6.45, 7) is 2.11. The Morgan fingerprint density at radius 2 is 2.17 bits per heavy atom. The Labute approximate surface area is 139 Å². The molecule has 1 aromatic heterocycles. The van der Waals surface area contributed by atoms with Crippen LogP contribution >= 0.6 is 0 Å². The van der Waals surface area contributed by atoms with Crippen molar-refractivity contribution in [2.75, 3.05) is 19.8 Å². The van der Waals surface area contributed by atoms with Crippen LogP contribution in [0.3, 0.4) is 0 Å². The Morgan fingerprint density at radius 3 is 2.92 bits per heavy atom. The zero-order valence-corrected chi connectivity index (χ0v) is 13.4. The molecule has 0 unspecified atom stereocenters. The summed E-state index contributed by atoms with van der Waals surface area (Å²) in [7, 11) is 0. The van der Waals surface area contributed by atoms with Gasteiger partial charge in [-0.3, -0.25) is 4.79 Å². The minimum Gasteiger partial charge on any atom is -0.381 e. The van der Waals surface area contributed by atoms with Crippen LogP contribution in [-0.2, 0) is 17.6 Å². The molecule has 0 radical (unpaired) electrons. The van der Waals surface area contributed by atoms with E-state index in [1.54, 1.807) is 16.8 Å². The van der Waals surface area contributed by atoms with Gasteiger partial charge in [0, 0.05) is 30.3 Å². The van der Waals surface area contributed by atoms with Crippen LogP contribution in [0.15, 0.2) is 24.3 Å². The van der Waals surface area contributed by atoms with Crippen molar-refractivity contribution in [2.45, 2.75) is 25.7 Å². The molecule has 0 saturated carbocycles. The van der Waals surface area contributed by atoms with Crippen LogP contribution in [0.1, 0.15) is 34.6 Å². The molecule has 1 aliphatic heterocycles. The van der Waals surface area contributed by atoms with E-state index in [0.717, 1.165) is 49.2 Å². The van der Waals surface area contributed by atoms with E-state index in [1.807, 2.05) is 0 Å². The topological polar surface area (TPSA) is 56.1 Å². The second-order valence-corrected chi connectivity index (χ2v) is 6.46. The number of fused-ring (bicyclic) bond motifs is 1. The van der Waals surface area contributed by atoms with Crippen molar-refractivity contribution in [1.29, 1.82) is 0 Å². The Balaban J connectivity index is 1.58. The number of halogens is 1. The lowest BCUT2D eigenvalue weighted by atomic mass is 10.1. The van der Waals surface area contributed by atoms with Gasteiger partial charge in [0.05, 0.1) is 12.3 Å². The number of carbonyl (C=O) groups is 1. The van der Waals surface area contributed by atoms with Crippen molar-refractivity contribution < 1.29 is 13.9 Å². The molecule has 1 N–H and O–H groups in total. The average Bonchev–Trinajstić information content (AvgIpc) is 3.31. The van der Waals surface area contributed by atoms with Gasteiger partial charge in [0.2, 0.25) is 0 Å². The monoisotopic (exact) mass is 329 g/mol. The number of hydrogen-bond donors (Lipinski definition) is 1. The summed E-state index contributed by atoms with van der Waals surface area (Å²) in [5, 5.41) is 7.52. The highest BCUT2D eigenvalue weighted by molar-refractivity contribution is 5.94. The predicted octanol–water partition coefficient (Wildman–Crippen LogP) is 2.27. The first-order valence-electron chi connectivity index (χ1n) is 8.45. The number of rotatable bonds is 4. The molecule has 5 nitrogen and oxygen atoms in total. The smallest absolute Gasteiger partial charge is 0.272 e. The van der Waals surface area contributed by atoms with Gasteiger partial charge in [0.15, 0.2) is 5.69 Å². The SMILES string of the molecule is O=C(NC[C@H]1CCOC1)c1nn(-c2ccc(F)cc2)c2c1CCC2. The molecule has 1 atom stereocenters. The van der Waals surface area contributed by atoms with E-state index in [0.29, 0.717) is 24.8 Å². The number of hydrogen-bond acceptors (Lipinski definition) is 3. The summed E-state index contributed by atoms with van der Waals surface area (Å²) in [6.07, 6.45) is 3.77. The third-order valence-electron chi connectivity index (χ3n) is 4.79. The number of ether oxygens (including phenoxy) is 1. The lowest BCUT2D eigenvalue weighted by molar-refractivity contribution is 0.0938. The van der Waals surface area contributed by atoms with Crippen molar-refractivity contribution in [3.63, 3.8) is 0 Å². The Bertz CT molecular complexity index is 748. The van der Waals surface area contributed by atoms with Gasteiger partial charge in [-0.2, -0.15) is 5.10 Å². The van der Waals surface area contributed by atoms with Crippen molar-refractivity contribution in [3.8, 4) is 5.69 Å². The molecule has 2 aliphatic rings. The molecule has 0 spiro atoms. The summed E-state index contributed by atoms with van der Waals surface area (Å²) < 4.78 is 20.3. The molecule has 1 amide bonds. The summed E-state index contributed by atoms with van der Waals surface area (Å²) >= 11 is 0. The Hall–Kier alpha value is -2.21. The largest absolute Gasteiger partial charge is 0.381 e. The highest BCUT2D eigenvalue weighted by Crippen LogP contribution is 2.28. The molecule has 1 saturated heterocycles. The highest BCUT2D eigenvalue weighted by atomic mass is 19.1. The average molecular weight is 329 g/mol. The summed E-state index contributed by atoms with van der Waals surface area (Å²) in [5.74, 6) is -0.0126. The van der Waals surface area contributed by atoms with E-state index in [-0.39, 0.29) is 11.7 Å². The minimum atomic E-state index is -0.278. The fourth-order valence-electron chi connectivity index (χ4n) is 3.48. The van der Waals surface area contributed by atoms with Gasteiger partial charge in [0.1, 0.15) is 5.82 Å². The van der Waals surface area contributed by atoms with Gasteiger partial charge >= 0.3 is 0 Å². The standard InChI is InChI=1S/C18H20FN3O2/c19-13-4-6-14(7-5-13)22-16-3-1-2-15(16)17(21-22)18(23)20-10-12-8-9-24-11-12/h4-7,12H,1-3,8-11H2,(H,20,23)/t12-/m1/s1. The third-order valence-corrected chi connectivity index (χ3v) is 4.79. The molecule has 1 aromatic carbocycles. The molecule has 6 heteroatoms. The zero-order valence-electron chi connectivity index (χ0n) is 13.4. The third kappa shape index (κ3) is 2.82. The quantitative estimate of drug-likeness (QED) is 0.936. The normalized spacial score (nSPS) is 19.5. The van der Waals surface area contributed by atoms with Crippen LogP contribution in [0.4, 0.5) is 4.39 Å². The number of amides is 1. The molecule has 2 aromatic rings. The Morgan fingerprint density at radius 1 is 1.33 bits per heavy atom. The van der Waals surface area contributed by atoms with Gasteiger partial charge < -0.3 is 10.1 Å². The van der Waals surface area contributed by atoms with Gasteiger partial charge in [-0.1, -0.05) is 0 Å². The van der Waals surface area contributed by atoms with Crippen LogP contribution in [-0.4, -0.2) is 35.4 Å². The predicted molar refractivity (Wildman–Crippen MR) is 86.8 cm³/mol. The van der Waals surface area contributed by atoms with Crippen molar-refractivity contribution in [1.82, 2.24) is 15.1 Å². The van der Waals surface area contributed by atoms with Crippen LogP contribution < -0.4 is 5.32 Å². The van der Waals surface area contributed by atoms with Crippen molar-refractivity contribution in [2.24, 2.45) is 5.92 Å². The second-order valence-electron chi connectivity index (χ2n) is 6.46. The van der Waals surface area contributed by atoms with E-state index in [2.05, 4.69) is 10.4 Å². The first-order chi connectivity index (χ1) is 11.7. The Kier molecular flexibility index (Phi) is 4.06. The van der Waals surface area contributed by atoms with Crippen LogP contribution in [0.5, 0.6) is 0 Å². The van der Waals surface area contributed by atoms with E-state index in [4.69, 9.17) is 4.74 Å². The lowest BCUT2D eigenvalue weighted by Gasteiger charge is -2.08. The maximum Gasteiger partial charge on any atom is 0.272 e.